The number of aliphatic imine (C=N–C) groups is 1. The summed E-state index contributed by atoms with van der Waals surface area (Å²) in [6.45, 7) is 4.44. The lowest BCUT2D eigenvalue weighted by Crippen LogP contribution is -2.40. The van der Waals surface area contributed by atoms with Crippen molar-refractivity contribution in [2.75, 3.05) is 52.4 Å². The quantitative estimate of drug-likeness (QED) is 0.377. The molecule has 114 valence electrons. The van der Waals surface area contributed by atoms with Gasteiger partial charge in [-0.05, 0) is 6.42 Å². The first-order valence-corrected chi connectivity index (χ1v) is 8.64. The van der Waals surface area contributed by atoms with Gasteiger partial charge in [-0.2, -0.15) is 0 Å². The number of unbranched alkanes of at least 4 members (excludes halogenated alkanes) is 1. The van der Waals surface area contributed by atoms with Gasteiger partial charge in [-0.3, -0.25) is 4.99 Å². The van der Waals surface area contributed by atoms with E-state index in [2.05, 4.69) is 22.1 Å². The van der Waals surface area contributed by atoms with Crippen molar-refractivity contribution < 1.29 is 13.2 Å². The van der Waals surface area contributed by atoms with Crippen LogP contribution in [0, 0.1) is 0 Å². The summed E-state index contributed by atoms with van der Waals surface area (Å²) in [5, 5.41) is 3.18. The van der Waals surface area contributed by atoms with Crippen LogP contribution < -0.4 is 5.32 Å². The molecule has 0 unspecified atom stereocenters. The van der Waals surface area contributed by atoms with Crippen LogP contribution >= 0.6 is 0 Å². The molecule has 0 saturated carbocycles. The second-order valence-electron chi connectivity index (χ2n) is 4.49. The lowest BCUT2D eigenvalue weighted by Gasteiger charge is -2.21. The molecule has 0 radical (unpaired) electrons. The molecule has 19 heavy (non-hydrogen) atoms. The van der Waals surface area contributed by atoms with Crippen LogP contribution in [0.1, 0.15) is 19.8 Å². The number of hydrogen-bond donors (Lipinski definition) is 1. The smallest absolute Gasteiger partial charge is 0.193 e. The number of ether oxygens (including phenoxy) is 1. The number of nitrogens with one attached hydrogen (secondary N) is 1. The van der Waals surface area contributed by atoms with Crippen LogP contribution in [0.2, 0.25) is 0 Å². The van der Waals surface area contributed by atoms with E-state index < -0.39 is 9.84 Å². The summed E-state index contributed by atoms with van der Waals surface area (Å²) in [5.74, 6) is 0.901. The second kappa shape index (κ2) is 10.0. The lowest BCUT2D eigenvalue weighted by atomic mass is 10.3. The van der Waals surface area contributed by atoms with Crippen molar-refractivity contribution in [1.29, 1.82) is 0 Å². The summed E-state index contributed by atoms with van der Waals surface area (Å²) in [6, 6.07) is 0. The molecule has 0 aliphatic rings. The molecule has 0 aliphatic carbocycles. The summed E-state index contributed by atoms with van der Waals surface area (Å²) >= 11 is 0. The SMILES string of the molecule is CCCCN(C)C(=NC)NCCOCCS(C)(=O)=O. The summed E-state index contributed by atoms with van der Waals surface area (Å²) in [4.78, 5) is 6.25. The average Bonchev–Trinajstić information content (AvgIpc) is 2.33. The highest BCUT2D eigenvalue weighted by molar-refractivity contribution is 7.90. The fraction of sp³-hybridized carbons (Fsp3) is 0.917. The van der Waals surface area contributed by atoms with Crippen molar-refractivity contribution in [2.24, 2.45) is 4.99 Å². The van der Waals surface area contributed by atoms with Gasteiger partial charge in [0.25, 0.3) is 0 Å². The minimum atomic E-state index is -2.93. The number of hydrogen-bond acceptors (Lipinski definition) is 4. The summed E-state index contributed by atoms with van der Waals surface area (Å²) in [5.41, 5.74) is 0. The van der Waals surface area contributed by atoms with Crippen LogP contribution in [0.4, 0.5) is 0 Å². The maximum atomic E-state index is 10.9. The topological polar surface area (TPSA) is 71.0 Å². The van der Waals surface area contributed by atoms with Gasteiger partial charge in [0.2, 0.25) is 0 Å². The molecule has 0 bridgehead atoms. The van der Waals surface area contributed by atoms with E-state index in [1.807, 2.05) is 7.05 Å². The van der Waals surface area contributed by atoms with Crippen molar-refractivity contribution >= 4 is 15.8 Å². The normalized spacial score (nSPS) is 12.5. The molecule has 0 amide bonds. The van der Waals surface area contributed by atoms with Crippen LogP contribution in [0.3, 0.4) is 0 Å². The molecular weight excluding hydrogens is 266 g/mol. The monoisotopic (exact) mass is 293 g/mol. The Morgan fingerprint density at radius 1 is 1.37 bits per heavy atom. The summed E-state index contributed by atoms with van der Waals surface area (Å²) < 4.78 is 27.0. The van der Waals surface area contributed by atoms with E-state index in [1.165, 1.54) is 6.26 Å². The Hall–Kier alpha value is -0.820. The Balaban J connectivity index is 3.73. The first-order chi connectivity index (χ1) is 8.90. The predicted octanol–water partition coefficient (Wildman–Crippen LogP) is 0.355. The third kappa shape index (κ3) is 10.8. The first-order valence-electron chi connectivity index (χ1n) is 6.58. The third-order valence-electron chi connectivity index (χ3n) is 2.55. The molecule has 7 heteroatoms. The first kappa shape index (κ1) is 18.2. The van der Waals surface area contributed by atoms with E-state index in [4.69, 9.17) is 4.74 Å². The van der Waals surface area contributed by atoms with Crippen molar-refractivity contribution in [1.82, 2.24) is 10.2 Å². The Morgan fingerprint density at radius 3 is 2.58 bits per heavy atom. The van der Waals surface area contributed by atoms with E-state index >= 15 is 0 Å². The standard InChI is InChI=1S/C12H27N3O3S/c1-5-6-8-15(3)12(13-2)14-7-9-18-10-11-19(4,16)17/h5-11H2,1-4H3,(H,13,14). The van der Waals surface area contributed by atoms with Crippen LogP contribution in [0.15, 0.2) is 4.99 Å². The van der Waals surface area contributed by atoms with Crippen LogP contribution in [0.5, 0.6) is 0 Å². The van der Waals surface area contributed by atoms with E-state index in [9.17, 15) is 8.42 Å². The molecule has 0 saturated heterocycles. The van der Waals surface area contributed by atoms with Gasteiger partial charge in [-0.25, -0.2) is 8.42 Å². The molecule has 1 N–H and O–H groups in total. The second-order valence-corrected chi connectivity index (χ2v) is 6.75. The molecule has 0 spiro atoms. The van der Waals surface area contributed by atoms with E-state index in [0.29, 0.717) is 13.2 Å². The highest BCUT2D eigenvalue weighted by Crippen LogP contribution is 1.92. The zero-order valence-corrected chi connectivity index (χ0v) is 13.3. The van der Waals surface area contributed by atoms with Gasteiger partial charge >= 0.3 is 0 Å². The molecule has 0 heterocycles. The van der Waals surface area contributed by atoms with E-state index in [0.717, 1.165) is 25.3 Å². The molecule has 0 aromatic heterocycles. The minimum Gasteiger partial charge on any atom is -0.379 e. The molecule has 6 nitrogen and oxygen atoms in total. The molecule has 0 atom stereocenters. The molecule has 0 rings (SSSR count). The fourth-order valence-electron chi connectivity index (χ4n) is 1.43. The highest BCUT2D eigenvalue weighted by atomic mass is 32.2. The summed E-state index contributed by atoms with van der Waals surface area (Å²) in [7, 11) is 0.807. The van der Waals surface area contributed by atoms with Gasteiger partial charge in [-0.1, -0.05) is 13.3 Å². The Labute approximate surface area is 117 Å². The highest BCUT2D eigenvalue weighted by Gasteiger charge is 2.04. The minimum absolute atomic E-state index is 0.0676. The number of nitrogens with zero attached hydrogens (tertiary/aromatic N) is 2. The van der Waals surface area contributed by atoms with E-state index in [1.54, 1.807) is 7.05 Å². The Morgan fingerprint density at radius 2 is 2.05 bits per heavy atom. The van der Waals surface area contributed by atoms with Crippen LogP contribution in [0.25, 0.3) is 0 Å². The molecular formula is C12H27N3O3S. The van der Waals surface area contributed by atoms with Gasteiger partial charge in [-0.15, -0.1) is 0 Å². The van der Waals surface area contributed by atoms with Crippen molar-refractivity contribution in [2.45, 2.75) is 19.8 Å². The van der Waals surface area contributed by atoms with Gasteiger partial charge in [0.05, 0.1) is 19.0 Å². The Kier molecular flexibility index (Phi) is 9.59. The number of sulfone groups is 1. The van der Waals surface area contributed by atoms with Crippen LogP contribution in [-0.4, -0.2) is 71.7 Å². The average molecular weight is 293 g/mol. The zero-order chi connectivity index (χ0) is 14.7. The van der Waals surface area contributed by atoms with E-state index in [-0.39, 0.29) is 12.4 Å². The maximum absolute atomic E-state index is 10.9. The van der Waals surface area contributed by atoms with Gasteiger partial charge in [0.15, 0.2) is 5.96 Å². The molecule has 0 aromatic rings. The van der Waals surface area contributed by atoms with Crippen molar-refractivity contribution in [3.8, 4) is 0 Å². The fourth-order valence-corrected chi connectivity index (χ4v) is 1.85. The van der Waals surface area contributed by atoms with Crippen LogP contribution in [-0.2, 0) is 14.6 Å². The van der Waals surface area contributed by atoms with Gasteiger partial charge in [0.1, 0.15) is 9.84 Å². The maximum Gasteiger partial charge on any atom is 0.193 e. The Bertz CT molecular complexity index is 355. The largest absolute Gasteiger partial charge is 0.379 e. The van der Waals surface area contributed by atoms with Gasteiger partial charge in [0, 0.05) is 33.4 Å². The lowest BCUT2D eigenvalue weighted by molar-refractivity contribution is 0.153. The van der Waals surface area contributed by atoms with Gasteiger partial charge < -0.3 is 15.0 Å². The zero-order valence-electron chi connectivity index (χ0n) is 12.5. The molecule has 0 aliphatic heterocycles. The molecule has 0 fully saturated rings. The number of rotatable bonds is 9. The van der Waals surface area contributed by atoms with Crippen molar-refractivity contribution in [3.63, 3.8) is 0 Å². The molecule has 0 aromatic carbocycles. The number of guanidine groups is 1. The summed E-state index contributed by atoms with van der Waals surface area (Å²) in [6.07, 6.45) is 3.48. The van der Waals surface area contributed by atoms with Crippen molar-refractivity contribution in [3.05, 3.63) is 0 Å². The predicted molar refractivity (Wildman–Crippen MR) is 79.4 cm³/mol. The third-order valence-corrected chi connectivity index (χ3v) is 3.46.